The molecule has 0 radical (unpaired) electrons. The molecule has 3 heterocycles. The van der Waals surface area contributed by atoms with Gasteiger partial charge >= 0.3 is 0 Å². The van der Waals surface area contributed by atoms with Crippen molar-refractivity contribution in [2.75, 3.05) is 0 Å². The summed E-state index contributed by atoms with van der Waals surface area (Å²) in [5, 5.41) is 12.3. The number of carbonyl (C=O) groups excluding carboxylic acids is 3. The van der Waals surface area contributed by atoms with Crippen molar-refractivity contribution in [2.45, 2.75) is 49.8 Å². The predicted molar refractivity (Wildman–Crippen MR) is 107 cm³/mol. The molecule has 2 aliphatic heterocycles. The smallest absolute Gasteiger partial charge is 0.270 e. The number of aliphatic hydroxyl groups is 1. The molecule has 1 aromatic carbocycles. The summed E-state index contributed by atoms with van der Waals surface area (Å²) in [4.78, 5) is 40.2. The first-order valence-corrected chi connectivity index (χ1v) is 9.98. The van der Waals surface area contributed by atoms with E-state index in [1.54, 1.807) is 0 Å². The third-order valence-corrected chi connectivity index (χ3v) is 5.98. The molecule has 2 fully saturated rings. The lowest BCUT2D eigenvalue weighted by Crippen LogP contribution is -2.33. The molecule has 1 atom stereocenters. The van der Waals surface area contributed by atoms with Gasteiger partial charge in [-0.05, 0) is 49.3 Å². The normalized spacial score (nSPS) is 21.6. The first kappa shape index (κ1) is 18.6. The molecule has 30 heavy (non-hydrogen) atoms. The summed E-state index contributed by atoms with van der Waals surface area (Å²) in [6.45, 7) is 0. The van der Waals surface area contributed by atoms with Gasteiger partial charge in [0.2, 0.25) is 0 Å². The van der Waals surface area contributed by atoms with E-state index in [-0.39, 0.29) is 29.4 Å². The lowest BCUT2D eigenvalue weighted by molar-refractivity contribution is -0.112. The summed E-state index contributed by atoms with van der Waals surface area (Å²) < 4.78 is 1.86. The van der Waals surface area contributed by atoms with Gasteiger partial charge in [0.15, 0.2) is 18.1 Å². The van der Waals surface area contributed by atoms with E-state index in [0.717, 1.165) is 36.8 Å². The van der Waals surface area contributed by atoms with E-state index in [0.29, 0.717) is 23.6 Å². The number of benzene rings is 1. The molecule has 2 bridgehead atoms. The predicted octanol–water partition coefficient (Wildman–Crippen LogP) is 0.885. The Morgan fingerprint density at radius 3 is 2.77 bits per heavy atom. The second kappa shape index (κ2) is 6.82. The van der Waals surface area contributed by atoms with Crippen molar-refractivity contribution in [1.29, 1.82) is 0 Å². The highest BCUT2D eigenvalue weighted by Gasteiger charge is 2.42. The summed E-state index contributed by atoms with van der Waals surface area (Å²) >= 11 is 0. The van der Waals surface area contributed by atoms with Crippen LogP contribution in [0.3, 0.4) is 0 Å². The van der Waals surface area contributed by atoms with E-state index >= 15 is 0 Å². The Kier molecular flexibility index (Phi) is 4.22. The van der Waals surface area contributed by atoms with Crippen LogP contribution in [0.5, 0.6) is 0 Å². The topological polar surface area (TPSA) is 127 Å². The van der Waals surface area contributed by atoms with E-state index < -0.39 is 12.0 Å². The van der Waals surface area contributed by atoms with Gasteiger partial charge in [0.25, 0.3) is 11.8 Å². The first-order valence-electron chi connectivity index (χ1n) is 9.98. The zero-order valence-electron chi connectivity index (χ0n) is 16.1. The van der Waals surface area contributed by atoms with Crippen molar-refractivity contribution in [3.8, 4) is 23.2 Å². The van der Waals surface area contributed by atoms with Crippen LogP contribution in [-0.4, -0.2) is 44.9 Å². The molecule has 0 saturated heterocycles. The van der Waals surface area contributed by atoms with Crippen molar-refractivity contribution >= 4 is 18.1 Å². The van der Waals surface area contributed by atoms with Gasteiger partial charge in [-0.1, -0.05) is 17.9 Å². The number of hydrogen-bond acceptors (Lipinski definition) is 5. The number of amides is 2. The SMILES string of the molecule is NC(=O)c1nc2n(c1C(=O)NC1CC1)C1CC(C1)c1ccc(C#CC(O)C=O)cc1-2. The number of nitrogens with two attached hydrogens (primary N) is 1. The fourth-order valence-corrected chi connectivity index (χ4v) is 4.28. The third kappa shape index (κ3) is 2.99. The first-order chi connectivity index (χ1) is 14.5. The van der Waals surface area contributed by atoms with E-state index in [2.05, 4.69) is 22.1 Å². The molecule has 2 aromatic rings. The Morgan fingerprint density at radius 2 is 2.10 bits per heavy atom. The second-order valence-corrected chi connectivity index (χ2v) is 8.09. The Bertz CT molecular complexity index is 1150. The summed E-state index contributed by atoms with van der Waals surface area (Å²) in [7, 11) is 0. The number of aldehydes is 1. The standard InChI is InChI=1S/C22H20N4O4/c23-20(29)18-19(22(30)24-13-3-4-13)26-14-8-12(9-14)16-6-2-11(1-5-15(28)10-27)7-17(16)21(26)25-18/h2,6-7,10,12-15,28H,3-4,8-9H2,(H2,23,29)(H,24,30). The van der Waals surface area contributed by atoms with Crippen molar-refractivity contribution in [3.05, 3.63) is 40.7 Å². The van der Waals surface area contributed by atoms with Crippen LogP contribution in [0.4, 0.5) is 0 Å². The summed E-state index contributed by atoms with van der Waals surface area (Å²) in [5.41, 5.74) is 8.27. The minimum absolute atomic E-state index is 0.0210. The van der Waals surface area contributed by atoms with Crippen molar-refractivity contribution in [1.82, 2.24) is 14.9 Å². The van der Waals surface area contributed by atoms with E-state index in [9.17, 15) is 19.5 Å². The maximum atomic E-state index is 13.0. The molecule has 1 unspecified atom stereocenters. The van der Waals surface area contributed by atoms with Gasteiger partial charge in [-0.25, -0.2) is 4.98 Å². The van der Waals surface area contributed by atoms with Gasteiger partial charge in [0.05, 0.1) is 0 Å². The lowest BCUT2D eigenvalue weighted by atomic mass is 9.75. The maximum absolute atomic E-state index is 13.0. The fraction of sp³-hybridized carbons (Fsp3) is 0.364. The molecular formula is C22H20N4O4. The zero-order chi connectivity index (χ0) is 21.0. The summed E-state index contributed by atoms with van der Waals surface area (Å²) in [6.07, 6.45) is 2.59. The van der Waals surface area contributed by atoms with Crippen LogP contribution in [0.2, 0.25) is 0 Å². The number of nitrogens with one attached hydrogen (secondary N) is 1. The zero-order valence-corrected chi connectivity index (χ0v) is 16.1. The van der Waals surface area contributed by atoms with E-state index in [1.165, 1.54) is 0 Å². The van der Waals surface area contributed by atoms with Crippen molar-refractivity contribution in [3.63, 3.8) is 0 Å². The highest BCUT2D eigenvalue weighted by Crippen LogP contribution is 2.52. The van der Waals surface area contributed by atoms with Crippen molar-refractivity contribution < 1.29 is 19.5 Å². The Hall–Kier alpha value is -3.44. The van der Waals surface area contributed by atoms with Crippen LogP contribution in [0, 0.1) is 11.8 Å². The monoisotopic (exact) mass is 404 g/mol. The van der Waals surface area contributed by atoms with Gasteiger partial charge in [-0.2, -0.15) is 0 Å². The molecule has 8 nitrogen and oxygen atoms in total. The summed E-state index contributed by atoms with van der Waals surface area (Å²) in [5.74, 6) is 5.07. The minimum atomic E-state index is -1.35. The van der Waals surface area contributed by atoms with Crippen molar-refractivity contribution in [2.24, 2.45) is 5.73 Å². The number of aromatic nitrogens is 2. The van der Waals surface area contributed by atoms with Gasteiger partial charge in [-0.15, -0.1) is 0 Å². The van der Waals surface area contributed by atoms with Crippen LogP contribution in [0.1, 0.15) is 69.7 Å². The average molecular weight is 404 g/mol. The molecule has 2 aliphatic carbocycles. The molecule has 152 valence electrons. The molecule has 2 saturated carbocycles. The Labute approximate surface area is 172 Å². The molecule has 4 aliphatic rings. The largest absolute Gasteiger partial charge is 0.373 e. The molecular weight excluding hydrogens is 384 g/mol. The second-order valence-electron chi connectivity index (χ2n) is 8.09. The number of nitrogens with zero attached hydrogens (tertiary/aromatic N) is 2. The van der Waals surface area contributed by atoms with Crippen LogP contribution < -0.4 is 11.1 Å². The molecule has 6 rings (SSSR count). The molecule has 0 spiro atoms. The maximum Gasteiger partial charge on any atom is 0.270 e. The van der Waals surface area contributed by atoms with Gasteiger partial charge in [0.1, 0.15) is 11.5 Å². The van der Waals surface area contributed by atoms with Crippen LogP contribution in [-0.2, 0) is 4.79 Å². The highest BCUT2D eigenvalue weighted by molar-refractivity contribution is 6.05. The lowest BCUT2D eigenvalue weighted by Gasteiger charge is -2.35. The minimum Gasteiger partial charge on any atom is -0.373 e. The molecule has 2 amide bonds. The van der Waals surface area contributed by atoms with E-state index in [4.69, 9.17) is 5.73 Å². The number of imidazole rings is 1. The quantitative estimate of drug-likeness (QED) is 0.515. The van der Waals surface area contributed by atoms with Crippen LogP contribution >= 0.6 is 0 Å². The number of rotatable bonds is 4. The molecule has 8 heteroatoms. The Balaban J connectivity index is 1.66. The van der Waals surface area contributed by atoms with E-state index in [1.807, 2.05) is 22.8 Å². The van der Waals surface area contributed by atoms with Gasteiger partial charge in [-0.3, -0.25) is 14.4 Å². The number of aliphatic hydroxyl groups excluding tert-OH is 1. The number of primary amides is 1. The Morgan fingerprint density at radius 1 is 1.33 bits per heavy atom. The van der Waals surface area contributed by atoms with Crippen LogP contribution in [0.25, 0.3) is 11.4 Å². The highest BCUT2D eigenvalue weighted by atomic mass is 16.3. The average Bonchev–Trinajstić information content (AvgIpc) is 3.46. The number of hydrogen-bond donors (Lipinski definition) is 3. The third-order valence-electron chi connectivity index (χ3n) is 5.98. The summed E-state index contributed by atoms with van der Waals surface area (Å²) in [6, 6.07) is 5.84. The number of carbonyl (C=O) groups is 3. The fourth-order valence-electron chi connectivity index (χ4n) is 4.28. The molecule has 1 aromatic heterocycles. The molecule has 4 N–H and O–H groups in total. The van der Waals surface area contributed by atoms with Crippen LogP contribution in [0.15, 0.2) is 18.2 Å². The van der Waals surface area contributed by atoms with Gasteiger partial charge < -0.3 is 20.7 Å². The van der Waals surface area contributed by atoms with Gasteiger partial charge in [0, 0.05) is 23.2 Å².